The third-order valence-corrected chi connectivity index (χ3v) is 4.16. The summed E-state index contributed by atoms with van der Waals surface area (Å²) in [6.45, 7) is 4.33. The van der Waals surface area contributed by atoms with E-state index in [0.717, 1.165) is 38.5 Å². The quantitative estimate of drug-likeness (QED) is 0.829. The summed E-state index contributed by atoms with van der Waals surface area (Å²) in [5.41, 5.74) is -0.173. The maximum atomic E-state index is 11.1. The van der Waals surface area contributed by atoms with Gasteiger partial charge in [0.1, 0.15) is 0 Å². The topological polar surface area (TPSA) is 76.2 Å². The Hall–Kier alpha value is -1.39. The van der Waals surface area contributed by atoms with Gasteiger partial charge in [-0.2, -0.15) is 0 Å². The minimum absolute atomic E-state index is 0.173. The maximum Gasteiger partial charge on any atom is 0.303 e. The monoisotopic (exact) mass is 280 g/mol. The van der Waals surface area contributed by atoms with Gasteiger partial charge in [0.05, 0.1) is 6.42 Å². The van der Waals surface area contributed by atoms with Crippen molar-refractivity contribution in [3.63, 3.8) is 0 Å². The van der Waals surface area contributed by atoms with Crippen LogP contribution in [0.25, 0.3) is 0 Å². The van der Waals surface area contributed by atoms with Crippen molar-refractivity contribution >= 4 is 5.97 Å². The van der Waals surface area contributed by atoms with Crippen LogP contribution in [0.1, 0.15) is 64.2 Å². The molecule has 1 heterocycles. The molecule has 1 saturated carbocycles. The number of carboxylic acids is 1. The second-order valence-electron chi connectivity index (χ2n) is 6.48. The molecule has 112 valence electrons. The summed E-state index contributed by atoms with van der Waals surface area (Å²) in [4.78, 5) is 11.1. The predicted octanol–water partition coefficient (Wildman–Crippen LogP) is 3.24. The maximum absolute atomic E-state index is 11.1. The number of rotatable bonds is 7. The molecule has 1 aliphatic rings. The average Bonchev–Trinajstić information content (AvgIpc) is 2.96. The lowest BCUT2D eigenvalue weighted by molar-refractivity contribution is -0.139. The summed E-state index contributed by atoms with van der Waals surface area (Å²) in [5, 5.41) is 17.3. The van der Waals surface area contributed by atoms with Gasteiger partial charge < -0.3 is 9.52 Å². The summed E-state index contributed by atoms with van der Waals surface area (Å²) >= 11 is 0. The predicted molar refractivity (Wildman–Crippen MR) is 74.3 cm³/mol. The molecule has 5 nitrogen and oxygen atoms in total. The largest absolute Gasteiger partial charge is 0.481 e. The van der Waals surface area contributed by atoms with Crippen molar-refractivity contribution in [1.29, 1.82) is 0 Å². The molecule has 0 amide bonds. The molecule has 1 aromatic heterocycles. The Morgan fingerprint density at radius 3 is 2.55 bits per heavy atom. The van der Waals surface area contributed by atoms with Crippen molar-refractivity contribution in [1.82, 2.24) is 10.2 Å². The van der Waals surface area contributed by atoms with Gasteiger partial charge in [0.25, 0.3) is 0 Å². The Labute approximate surface area is 119 Å². The SMILES string of the molecule is CC(C)CCc1nnc(CC2(CC(=O)O)CCCC2)o1. The molecule has 1 fully saturated rings. The standard InChI is InChI=1S/C15H24N2O3/c1-11(2)5-6-12-16-17-13(20-12)9-15(10-14(18)19)7-3-4-8-15/h11H,3-10H2,1-2H3,(H,18,19). The first-order valence-electron chi connectivity index (χ1n) is 7.52. The lowest BCUT2D eigenvalue weighted by Crippen LogP contribution is -2.24. The number of aliphatic carboxylic acids is 1. The van der Waals surface area contributed by atoms with Crippen LogP contribution >= 0.6 is 0 Å². The lowest BCUT2D eigenvalue weighted by Gasteiger charge is -2.24. The first kappa shape index (κ1) is 15.0. The normalized spacial score (nSPS) is 17.8. The van der Waals surface area contributed by atoms with Crippen LogP contribution in [-0.2, 0) is 17.6 Å². The van der Waals surface area contributed by atoms with E-state index in [9.17, 15) is 4.79 Å². The molecule has 0 radical (unpaired) electrons. The van der Waals surface area contributed by atoms with Crippen LogP contribution in [0.2, 0.25) is 0 Å². The van der Waals surface area contributed by atoms with Crippen molar-refractivity contribution in [3.8, 4) is 0 Å². The Balaban J connectivity index is 1.98. The zero-order chi connectivity index (χ0) is 14.6. The number of carboxylic acid groups (broad SMARTS) is 1. The van der Waals surface area contributed by atoms with Gasteiger partial charge in [0.15, 0.2) is 0 Å². The van der Waals surface area contributed by atoms with Gasteiger partial charge in [0.2, 0.25) is 11.8 Å². The van der Waals surface area contributed by atoms with E-state index in [0.29, 0.717) is 24.1 Å². The zero-order valence-corrected chi connectivity index (χ0v) is 12.4. The van der Waals surface area contributed by atoms with Crippen LogP contribution in [0, 0.1) is 11.3 Å². The minimum Gasteiger partial charge on any atom is -0.481 e. The first-order chi connectivity index (χ1) is 9.49. The third kappa shape index (κ3) is 4.05. The van der Waals surface area contributed by atoms with Crippen LogP contribution in [-0.4, -0.2) is 21.3 Å². The highest BCUT2D eigenvalue weighted by molar-refractivity contribution is 5.67. The molecule has 20 heavy (non-hydrogen) atoms. The highest BCUT2D eigenvalue weighted by Gasteiger charge is 2.37. The van der Waals surface area contributed by atoms with E-state index in [2.05, 4.69) is 24.0 Å². The van der Waals surface area contributed by atoms with Crippen LogP contribution in [0.5, 0.6) is 0 Å². The Bertz CT molecular complexity index is 448. The van der Waals surface area contributed by atoms with E-state index in [1.807, 2.05) is 0 Å². The summed E-state index contributed by atoms with van der Waals surface area (Å²) in [6.07, 6.45) is 6.73. The molecule has 1 aromatic rings. The summed E-state index contributed by atoms with van der Waals surface area (Å²) in [5.74, 6) is 1.16. The van der Waals surface area contributed by atoms with Crippen LogP contribution < -0.4 is 0 Å². The number of aryl methyl sites for hydroxylation is 1. The van der Waals surface area contributed by atoms with Crippen molar-refractivity contribution < 1.29 is 14.3 Å². The Morgan fingerprint density at radius 2 is 1.95 bits per heavy atom. The fourth-order valence-corrected chi connectivity index (χ4v) is 3.06. The number of hydrogen-bond acceptors (Lipinski definition) is 4. The van der Waals surface area contributed by atoms with Gasteiger partial charge in [-0.25, -0.2) is 0 Å². The molecule has 1 aliphatic carbocycles. The van der Waals surface area contributed by atoms with Crippen molar-refractivity contribution in [2.75, 3.05) is 0 Å². The van der Waals surface area contributed by atoms with E-state index >= 15 is 0 Å². The third-order valence-electron chi connectivity index (χ3n) is 4.16. The molecule has 0 spiro atoms. The molecular formula is C15H24N2O3. The van der Waals surface area contributed by atoms with E-state index in [4.69, 9.17) is 9.52 Å². The van der Waals surface area contributed by atoms with Gasteiger partial charge in [-0.1, -0.05) is 26.7 Å². The molecule has 0 aromatic carbocycles. The van der Waals surface area contributed by atoms with Gasteiger partial charge >= 0.3 is 5.97 Å². The average molecular weight is 280 g/mol. The van der Waals surface area contributed by atoms with Crippen molar-refractivity contribution in [2.24, 2.45) is 11.3 Å². The fourth-order valence-electron chi connectivity index (χ4n) is 3.06. The van der Waals surface area contributed by atoms with Crippen molar-refractivity contribution in [2.45, 2.75) is 65.2 Å². The molecule has 2 rings (SSSR count). The minimum atomic E-state index is -0.730. The molecule has 0 aliphatic heterocycles. The summed E-state index contributed by atoms with van der Waals surface area (Å²) in [6, 6.07) is 0. The molecule has 0 unspecified atom stereocenters. The van der Waals surface area contributed by atoms with Gasteiger partial charge in [0, 0.05) is 12.8 Å². The molecule has 1 N–H and O–H groups in total. The smallest absolute Gasteiger partial charge is 0.303 e. The van der Waals surface area contributed by atoms with E-state index in [1.165, 1.54) is 0 Å². The van der Waals surface area contributed by atoms with Crippen LogP contribution in [0.15, 0.2) is 4.42 Å². The molecule has 0 atom stereocenters. The van der Waals surface area contributed by atoms with E-state index in [1.54, 1.807) is 0 Å². The van der Waals surface area contributed by atoms with Gasteiger partial charge in [-0.15, -0.1) is 10.2 Å². The number of nitrogens with zero attached hydrogens (tertiary/aromatic N) is 2. The van der Waals surface area contributed by atoms with Gasteiger partial charge in [-0.3, -0.25) is 4.79 Å². The molecule has 5 heteroatoms. The Kier molecular flexibility index (Phi) is 4.78. The van der Waals surface area contributed by atoms with Crippen LogP contribution in [0.4, 0.5) is 0 Å². The molecule has 0 bridgehead atoms. The van der Waals surface area contributed by atoms with Gasteiger partial charge in [-0.05, 0) is 30.6 Å². The van der Waals surface area contributed by atoms with Crippen molar-refractivity contribution in [3.05, 3.63) is 11.8 Å². The highest BCUT2D eigenvalue weighted by Crippen LogP contribution is 2.43. The molecule has 0 saturated heterocycles. The number of hydrogen-bond donors (Lipinski definition) is 1. The number of aromatic nitrogens is 2. The fraction of sp³-hybridized carbons (Fsp3) is 0.800. The van der Waals surface area contributed by atoms with Crippen LogP contribution in [0.3, 0.4) is 0 Å². The Morgan fingerprint density at radius 1 is 1.30 bits per heavy atom. The molecular weight excluding hydrogens is 256 g/mol. The number of carbonyl (C=O) groups is 1. The summed E-state index contributed by atoms with van der Waals surface area (Å²) < 4.78 is 5.69. The zero-order valence-electron chi connectivity index (χ0n) is 12.4. The second-order valence-corrected chi connectivity index (χ2v) is 6.48. The summed E-state index contributed by atoms with van der Waals surface area (Å²) in [7, 11) is 0. The van der Waals surface area contributed by atoms with E-state index < -0.39 is 5.97 Å². The highest BCUT2D eigenvalue weighted by atomic mass is 16.4. The first-order valence-corrected chi connectivity index (χ1v) is 7.52. The second kappa shape index (κ2) is 6.37. The van der Waals surface area contributed by atoms with E-state index in [-0.39, 0.29) is 11.8 Å². The lowest BCUT2D eigenvalue weighted by atomic mass is 9.79.